The van der Waals surface area contributed by atoms with E-state index in [0.29, 0.717) is 0 Å². The zero-order valence-electron chi connectivity index (χ0n) is 13.6. The first-order valence-corrected chi connectivity index (χ1v) is 7.20. The molecule has 0 aliphatic rings. The van der Waals surface area contributed by atoms with Crippen molar-refractivity contribution in [2.24, 2.45) is 5.73 Å². The van der Waals surface area contributed by atoms with Crippen LogP contribution in [0.4, 0.5) is 13.2 Å². The minimum Gasteiger partial charge on any atom is -0.324 e. The van der Waals surface area contributed by atoms with Gasteiger partial charge >= 0.3 is 6.18 Å². The van der Waals surface area contributed by atoms with E-state index in [1.807, 2.05) is 13.8 Å². The van der Waals surface area contributed by atoms with Gasteiger partial charge in [0.05, 0.1) is 6.54 Å². The summed E-state index contributed by atoms with van der Waals surface area (Å²) in [6.45, 7) is 7.37. The van der Waals surface area contributed by atoms with E-state index in [1.165, 1.54) is 18.3 Å². The molecule has 0 aromatic carbocycles. The van der Waals surface area contributed by atoms with Crippen LogP contribution < -0.4 is 11.3 Å². The highest BCUT2D eigenvalue weighted by atomic mass is 19.4. The molecule has 0 bridgehead atoms. The maximum Gasteiger partial charge on any atom is 0.435 e. The van der Waals surface area contributed by atoms with Crippen LogP contribution in [0.5, 0.6) is 0 Å². The van der Waals surface area contributed by atoms with Crippen molar-refractivity contribution >= 4 is 0 Å². The van der Waals surface area contributed by atoms with Crippen LogP contribution >= 0.6 is 0 Å². The van der Waals surface area contributed by atoms with Gasteiger partial charge in [-0.2, -0.15) is 18.3 Å². The quantitative estimate of drug-likeness (QED) is 0.941. The number of hydrogen-bond acceptors (Lipinski definition) is 3. The summed E-state index contributed by atoms with van der Waals surface area (Å²) in [7, 11) is 0. The van der Waals surface area contributed by atoms with Crippen molar-refractivity contribution < 1.29 is 13.2 Å². The van der Waals surface area contributed by atoms with Crippen molar-refractivity contribution in [3.05, 3.63) is 46.5 Å². The fourth-order valence-corrected chi connectivity index (χ4v) is 1.86. The predicted molar refractivity (Wildman–Crippen MR) is 82.4 cm³/mol. The van der Waals surface area contributed by atoms with E-state index < -0.39 is 23.0 Å². The fourth-order valence-electron chi connectivity index (χ4n) is 1.86. The first-order valence-electron chi connectivity index (χ1n) is 7.20. The van der Waals surface area contributed by atoms with Crippen LogP contribution in [0.15, 0.2) is 35.3 Å². The van der Waals surface area contributed by atoms with Gasteiger partial charge in [0.25, 0.3) is 5.56 Å². The molecule has 23 heavy (non-hydrogen) atoms. The van der Waals surface area contributed by atoms with Gasteiger partial charge in [-0.3, -0.25) is 9.36 Å². The number of nitrogens with two attached hydrogens (primary N) is 1. The molecule has 0 aliphatic heterocycles. The largest absolute Gasteiger partial charge is 0.435 e. The highest BCUT2D eigenvalue weighted by Crippen LogP contribution is 2.29. The Morgan fingerprint density at radius 2 is 1.83 bits per heavy atom. The van der Waals surface area contributed by atoms with Gasteiger partial charge < -0.3 is 5.73 Å². The number of hydrogen-bond donors (Lipinski definition) is 1. The number of aromatic nitrogens is 3. The Morgan fingerprint density at radius 1 is 1.22 bits per heavy atom. The van der Waals surface area contributed by atoms with Crippen molar-refractivity contribution in [3.8, 4) is 5.82 Å². The average Bonchev–Trinajstić information content (AvgIpc) is 2.83. The Hall–Kier alpha value is -2.09. The summed E-state index contributed by atoms with van der Waals surface area (Å²) in [6, 6.07) is 5.17. The van der Waals surface area contributed by atoms with Gasteiger partial charge in [-0.15, -0.1) is 0 Å². The lowest BCUT2D eigenvalue weighted by molar-refractivity contribution is -0.141. The zero-order chi connectivity index (χ0) is 17.8. The minimum atomic E-state index is -4.59. The van der Waals surface area contributed by atoms with Crippen molar-refractivity contribution in [1.82, 2.24) is 14.3 Å². The number of pyridine rings is 1. The van der Waals surface area contributed by atoms with Gasteiger partial charge in [0.2, 0.25) is 0 Å². The van der Waals surface area contributed by atoms with E-state index in [1.54, 1.807) is 19.9 Å². The smallest absolute Gasteiger partial charge is 0.324 e. The summed E-state index contributed by atoms with van der Waals surface area (Å²) in [5, 5.41) is 3.54. The van der Waals surface area contributed by atoms with Gasteiger partial charge in [-0.1, -0.05) is 19.9 Å². The van der Waals surface area contributed by atoms with E-state index in [4.69, 9.17) is 5.73 Å². The summed E-state index contributed by atoms with van der Waals surface area (Å²) < 4.78 is 40.7. The molecule has 0 radical (unpaired) electrons. The molecule has 2 aromatic heterocycles. The first kappa shape index (κ1) is 19.0. The van der Waals surface area contributed by atoms with Gasteiger partial charge in [0, 0.05) is 23.9 Å². The van der Waals surface area contributed by atoms with Crippen LogP contribution in [0.3, 0.4) is 0 Å². The summed E-state index contributed by atoms with van der Waals surface area (Å²) in [4.78, 5) is 11.8. The molecule has 128 valence electrons. The normalized spacial score (nSPS) is 11.8. The highest BCUT2D eigenvalue weighted by Gasteiger charge is 2.35. The Kier molecular flexibility index (Phi) is 5.76. The molecular weight excluding hydrogens is 309 g/mol. The van der Waals surface area contributed by atoms with Crippen molar-refractivity contribution in [2.75, 3.05) is 0 Å². The number of alkyl halides is 3. The minimum absolute atomic E-state index is 0.0338. The van der Waals surface area contributed by atoms with E-state index >= 15 is 0 Å². The second kappa shape index (κ2) is 6.99. The number of rotatable bonds is 3. The molecule has 8 heteroatoms. The molecule has 0 amide bonds. The lowest BCUT2D eigenvalue weighted by atomic mass is 10.1. The first-order chi connectivity index (χ1) is 10.6. The summed E-state index contributed by atoms with van der Waals surface area (Å²) in [5.41, 5.74) is 3.57. The molecule has 0 unspecified atom stereocenters. The molecule has 2 N–H and O–H groups in total. The zero-order valence-corrected chi connectivity index (χ0v) is 13.6. The molecule has 5 nitrogen and oxygen atoms in total. The van der Waals surface area contributed by atoms with Crippen LogP contribution in [0.1, 0.15) is 33.4 Å². The SMILES string of the molecule is CC.CC(C)(N)Cn1nc(C(F)(F)F)cc1-n1ccccc1=O. The summed E-state index contributed by atoms with van der Waals surface area (Å²) in [5.74, 6) is 0.0338. The standard InChI is InChI=1S/C13H15F3N4O.C2H6/c1-12(2,17)8-20-10(7-9(18-20)13(14,15)16)19-6-4-3-5-11(19)21;1-2/h3-7H,8,17H2,1-2H3;1-2H3. The third-order valence-electron chi connectivity index (χ3n) is 2.68. The van der Waals surface area contributed by atoms with Crippen LogP contribution in [0.2, 0.25) is 0 Å². The van der Waals surface area contributed by atoms with E-state index in [-0.39, 0.29) is 12.4 Å². The van der Waals surface area contributed by atoms with Gasteiger partial charge in [-0.25, -0.2) is 4.68 Å². The van der Waals surface area contributed by atoms with Crippen molar-refractivity contribution in [3.63, 3.8) is 0 Å². The molecule has 0 saturated heterocycles. The lowest BCUT2D eigenvalue weighted by Gasteiger charge is -2.20. The van der Waals surface area contributed by atoms with Gasteiger partial charge in [-0.05, 0) is 19.9 Å². The molecule has 2 heterocycles. The Morgan fingerprint density at radius 3 is 2.30 bits per heavy atom. The maximum absolute atomic E-state index is 12.8. The molecule has 2 aromatic rings. The molecule has 2 rings (SSSR count). The van der Waals surface area contributed by atoms with Crippen LogP contribution in [-0.2, 0) is 12.7 Å². The van der Waals surface area contributed by atoms with E-state index in [9.17, 15) is 18.0 Å². The lowest BCUT2D eigenvalue weighted by Crippen LogP contribution is -2.38. The molecule has 0 aliphatic carbocycles. The highest BCUT2D eigenvalue weighted by molar-refractivity contribution is 5.28. The van der Waals surface area contributed by atoms with Crippen LogP contribution in [-0.4, -0.2) is 19.9 Å². The van der Waals surface area contributed by atoms with Crippen LogP contribution in [0.25, 0.3) is 5.82 Å². The molecular formula is C15H21F3N4O. The van der Waals surface area contributed by atoms with E-state index in [2.05, 4.69) is 5.10 Å². The average molecular weight is 330 g/mol. The molecule has 0 saturated carbocycles. The number of nitrogens with zero attached hydrogens (tertiary/aromatic N) is 3. The summed E-state index contributed by atoms with van der Waals surface area (Å²) in [6.07, 6.45) is -3.20. The number of halogens is 3. The van der Waals surface area contributed by atoms with Crippen molar-refractivity contribution in [1.29, 1.82) is 0 Å². The van der Waals surface area contributed by atoms with Crippen molar-refractivity contribution in [2.45, 2.75) is 46.0 Å². The maximum atomic E-state index is 12.8. The monoisotopic (exact) mass is 330 g/mol. The van der Waals surface area contributed by atoms with E-state index in [0.717, 1.165) is 15.3 Å². The second-order valence-electron chi connectivity index (χ2n) is 5.44. The Balaban J connectivity index is 0.00000127. The molecule has 0 atom stereocenters. The molecule has 0 spiro atoms. The van der Waals surface area contributed by atoms with Gasteiger partial charge in [0.1, 0.15) is 5.82 Å². The Labute approximate surface area is 132 Å². The summed E-state index contributed by atoms with van der Waals surface area (Å²) >= 11 is 0. The predicted octanol–water partition coefficient (Wildman–Crippen LogP) is 2.82. The second-order valence-corrected chi connectivity index (χ2v) is 5.44. The fraction of sp³-hybridized carbons (Fsp3) is 0.467. The topological polar surface area (TPSA) is 65.8 Å². The van der Waals surface area contributed by atoms with Crippen LogP contribution in [0, 0.1) is 0 Å². The van der Waals surface area contributed by atoms with Gasteiger partial charge in [0.15, 0.2) is 5.69 Å². The molecule has 0 fully saturated rings. The third-order valence-corrected chi connectivity index (χ3v) is 2.68. The Bertz CT molecular complexity index is 696. The third kappa shape index (κ3) is 4.95.